The number of ether oxygens (including phenoxy) is 4. The average Bonchev–Trinajstić information content (AvgIpc) is 3.46. The average molecular weight is 1170 g/mol. The van der Waals surface area contributed by atoms with Crippen LogP contribution in [0.25, 0.3) is 0 Å². The summed E-state index contributed by atoms with van der Waals surface area (Å²) in [6.07, 6.45) is 82.2. The molecule has 0 heterocycles. The molecule has 0 aromatic carbocycles. The van der Waals surface area contributed by atoms with Crippen LogP contribution < -0.4 is 0 Å². The number of rotatable bonds is 66. The minimum atomic E-state index is -1.51. The van der Waals surface area contributed by atoms with E-state index in [0.29, 0.717) is 17.4 Å². The molecule has 0 aliphatic carbocycles. The van der Waals surface area contributed by atoms with Crippen LogP contribution in [0.15, 0.2) is 60.8 Å². The van der Waals surface area contributed by atoms with E-state index in [0.717, 1.165) is 64.2 Å². The van der Waals surface area contributed by atoms with Gasteiger partial charge in [0, 0.05) is 12.8 Å². The highest BCUT2D eigenvalue weighted by molar-refractivity contribution is 5.71. The summed E-state index contributed by atoms with van der Waals surface area (Å²) >= 11 is 0. The molecule has 0 bridgehead atoms. The predicted molar refractivity (Wildman–Crippen MR) is 355 cm³/mol. The molecule has 0 saturated carbocycles. The van der Waals surface area contributed by atoms with E-state index >= 15 is 0 Å². The maximum Gasteiger partial charge on any atom is 0.361 e. The molecule has 0 rings (SSSR count). The van der Waals surface area contributed by atoms with Crippen molar-refractivity contribution in [1.29, 1.82) is 0 Å². The number of carboxylic acids is 1. The lowest BCUT2D eigenvalue weighted by molar-refractivity contribution is -0.870. The van der Waals surface area contributed by atoms with Gasteiger partial charge in [-0.15, -0.1) is 0 Å². The number of quaternary nitrogens is 1. The number of likely N-dealkylation sites (N-methyl/N-ethyl adjacent to an activating group) is 1. The van der Waals surface area contributed by atoms with Gasteiger partial charge in [0.1, 0.15) is 13.2 Å². The largest absolute Gasteiger partial charge is 0.477 e. The zero-order valence-electron chi connectivity index (χ0n) is 55.4. The smallest absolute Gasteiger partial charge is 0.361 e. The van der Waals surface area contributed by atoms with Crippen molar-refractivity contribution in [3.8, 4) is 0 Å². The number of hydrogen-bond acceptors (Lipinski definition) is 7. The Kier molecular flexibility index (Phi) is 62.6. The van der Waals surface area contributed by atoms with E-state index in [4.69, 9.17) is 18.9 Å². The summed E-state index contributed by atoms with van der Waals surface area (Å²) in [6.45, 7) is 4.80. The Hall–Kier alpha value is -3.01. The molecule has 83 heavy (non-hydrogen) atoms. The molecule has 2 unspecified atom stereocenters. The Labute approximate surface area is 514 Å². The van der Waals surface area contributed by atoms with Crippen molar-refractivity contribution in [2.75, 3.05) is 47.5 Å². The van der Waals surface area contributed by atoms with Gasteiger partial charge in [0.15, 0.2) is 6.10 Å². The molecular weight excluding hydrogens is 1030 g/mol. The van der Waals surface area contributed by atoms with Gasteiger partial charge in [-0.2, -0.15) is 0 Å². The second-order valence-corrected chi connectivity index (χ2v) is 25.2. The van der Waals surface area contributed by atoms with Crippen molar-refractivity contribution in [2.45, 2.75) is 347 Å². The van der Waals surface area contributed by atoms with Gasteiger partial charge in [-0.3, -0.25) is 9.59 Å². The first kappa shape index (κ1) is 80.0. The first-order valence-corrected chi connectivity index (χ1v) is 35.5. The number of allylic oxidation sites excluding steroid dienone is 10. The molecule has 9 nitrogen and oxygen atoms in total. The number of carbonyl (C=O) groups excluding carboxylic acids is 2. The van der Waals surface area contributed by atoms with E-state index in [1.165, 1.54) is 244 Å². The van der Waals surface area contributed by atoms with Crippen molar-refractivity contribution in [3.05, 3.63) is 60.8 Å². The van der Waals surface area contributed by atoms with Gasteiger partial charge in [-0.1, -0.05) is 306 Å². The Bertz CT molecular complexity index is 1550. The number of carbonyl (C=O) groups is 3. The van der Waals surface area contributed by atoms with Gasteiger partial charge in [0.2, 0.25) is 0 Å². The zero-order valence-corrected chi connectivity index (χ0v) is 55.4. The Morgan fingerprint density at radius 2 is 0.687 bits per heavy atom. The van der Waals surface area contributed by atoms with Crippen molar-refractivity contribution >= 4 is 17.9 Å². The third kappa shape index (κ3) is 66.4. The molecule has 0 aromatic rings. The topological polar surface area (TPSA) is 108 Å². The van der Waals surface area contributed by atoms with E-state index in [2.05, 4.69) is 74.6 Å². The maximum atomic E-state index is 12.9. The third-order valence-electron chi connectivity index (χ3n) is 15.8. The molecule has 484 valence electrons. The molecule has 0 amide bonds. The molecule has 9 heteroatoms. The van der Waals surface area contributed by atoms with Crippen LogP contribution in [0.1, 0.15) is 335 Å². The molecule has 0 fully saturated rings. The zero-order chi connectivity index (χ0) is 60.5. The molecule has 0 aliphatic heterocycles. The molecule has 0 aromatic heterocycles. The van der Waals surface area contributed by atoms with E-state index in [9.17, 15) is 19.5 Å². The maximum absolute atomic E-state index is 12.9. The summed E-state index contributed by atoms with van der Waals surface area (Å²) < 4.78 is 23.0. The molecule has 0 saturated heterocycles. The van der Waals surface area contributed by atoms with E-state index in [-0.39, 0.29) is 38.2 Å². The molecule has 0 spiro atoms. The lowest BCUT2D eigenvalue weighted by Crippen LogP contribution is -2.40. The summed E-state index contributed by atoms with van der Waals surface area (Å²) in [5.74, 6) is -1.99. The number of carboxylic acid groups (broad SMARTS) is 1. The van der Waals surface area contributed by atoms with Gasteiger partial charge in [0.25, 0.3) is 6.29 Å². The SMILES string of the molecule is CC/C=C\C/C=C\C/C=C\C/C=C\CCCCCCCCCCCCCCCCCCCCCCCCCCCCCCC(=O)OC(COC(=O)CCCCCCCCC/C=C\CCCCCCCC)COC(OCC[N+](C)(C)C)C(=O)O. The van der Waals surface area contributed by atoms with Gasteiger partial charge < -0.3 is 28.5 Å². The van der Waals surface area contributed by atoms with Crippen LogP contribution in [-0.2, 0) is 33.3 Å². The summed E-state index contributed by atoms with van der Waals surface area (Å²) in [5, 5.41) is 9.73. The van der Waals surface area contributed by atoms with Crippen LogP contribution in [0.2, 0.25) is 0 Å². The van der Waals surface area contributed by atoms with E-state index < -0.39 is 18.4 Å². The molecule has 2 atom stereocenters. The predicted octanol–water partition coefficient (Wildman–Crippen LogP) is 21.9. The Morgan fingerprint density at radius 3 is 1.04 bits per heavy atom. The summed E-state index contributed by atoms with van der Waals surface area (Å²) in [4.78, 5) is 37.5. The van der Waals surface area contributed by atoms with Crippen LogP contribution in [0.3, 0.4) is 0 Å². The number of unbranched alkanes of at least 4 members (excludes halogenated alkanes) is 41. The Morgan fingerprint density at radius 1 is 0.373 bits per heavy atom. The molecule has 1 N–H and O–H groups in total. The summed E-state index contributed by atoms with van der Waals surface area (Å²) in [7, 11) is 5.98. The van der Waals surface area contributed by atoms with Crippen LogP contribution in [0.5, 0.6) is 0 Å². The highest BCUT2D eigenvalue weighted by Crippen LogP contribution is 2.18. The van der Waals surface area contributed by atoms with Gasteiger partial charge in [-0.25, -0.2) is 4.79 Å². The molecule has 0 aliphatic rings. The van der Waals surface area contributed by atoms with Crippen molar-refractivity contribution in [2.24, 2.45) is 0 Å². The van der Waals surface area contributed by atoms with E-state index in [1.807, 2.05) is 21.1 Å². The normalized spacial score (nSPS) is 13.0. The number of hydrogen-bond donors (Lipinski definition) is 1. The van der Waals surface area contributed by atoms with Crippen molar-refractivity contribution in [3.63, 3.8) is 0 Å². The van der Waals surface area contributed by atoms with Gasteiger partial charge >= 0.3 is 17.9 Å². The second kappa shape index (κ2) is 65.0. The summed E-state index contributed by atoms with van der Waals surface area (Å²) in [6, 6.07) is 0. The monoisotopic (exact) mass is 1170 g/mol. The van der Waals surface area contributed by atoms with Gasteiger partial charge in [0.05, 0.1) is 34.4 Å². The fourth-order valence-corrected chi connectivity index (χ4v) is 10.4. The van der Waals surface area contributed by atoms with Crippen LogP contribution in [0.4, 0.5) is 0 Å². The highest BCUT2D eigenvalue weighted by atomic mass is 16.7. The fourth-order valence-electron chi connectivity index (χ4n) is 10.4. The Balaban J connectivity index is 3.93. The fraction of sp³-hybridized carbons (Fsp3) is 0.824. The highest BCUT2D eigenvalue weighted by Gasteiger charge is 2.25. The number of esters is 2. The second-order valence-electron chi connectivity index (χ2n) is 25.2. The van der Waals surface area contributed by atoms with Gasteiger partial charge in [-0.05, 0) is 77.0 Å². The summed E-state index contributed by atoms with van der Waals surface area (Å²) in [5.41, 5.74) is 0. The minimum Gasteiger partial charge on any atom is -0.477 e. The van der Waals surface area contributed by atoms with Crippen LogP contribution in [0, 0.1) is 0 Å². The lowest BCUT2D eigenvalue weighted by Gasteiger charge is -2.25. The van der Waals surface area contributed by atoms with E-state index in [1.54, 1.807) is 0 Å². The first-order valence-electron chi connectivity index (χ1n) is 35.5. The first-order chi connectivity index (χ1) is 40.6. The minimum absolute atomic E-state index is 0.180. The number of aliphatic carboxylic acids is 1. The van der Waals surface area contributed by atoms with Crippen LogP contribution in [-0.4, -0.2) is 87.4 Å². The molecule has 0 radical (unpaired) electrons. The van der Waals surface area contributed by atoms with Crippen molar-refractivity contribution < 1.29 is 42.9 Å². The quantitative estimate of drug-likeness (QED) is 0.0211. The van der Waals surface area contributed by atoms with Crippen LogP contribution >= 0.6 is 0 Å². The number of nitrogens with zero attached hydrogens (tertiary/aromatic N) is 1. The lowest BCUT2D eigenvalue weighted by atomic mass is 10.0. The standard InChI is InChI=1S/C74H135NO8/c1-6-8-10-12-14-16-18-20-22-24-25-26-27-28-29-30-31-32-33-34-35-36-37-38-39-40-41-42-43-44-45-46-47-49-51-53-55-57-59-61-63-65-72(77)83-70(69-82-74(73(78)79)80-67-66-75(3,4)5)68-81-71(76)64-62-60-58-56-54-52-50-48-23-21-19-17-15-13-11-9-7-2/h8,10,14,16,20-23,25-26,70,74H,6-7,9,11-13,15,17-19,24,27-69H2,1-5H3/p+1/b10-8-,16-14-,22-20-,23-21-,26-25-. The molecular formula is C74H136NO8+. The van der Waals surface area contributed by atoms with Crippen molar-refractivity contribution in [1.82, 2.24) is 0 Å². The third-order valence-corrected chi connectivity index (χ3v) is 15.8.